The van der Waals surface area contributed by atoms with Gasteiger partial charge in [-0.05, 0) is 64.1 Å². The summed E-state index contributed by atoms with van der Waals surface area (Å²) in [6.07, 6.45) is 0. The molecule has 0 saturated carbocycles. The monoisotopic (exact) mass is 446 g/mol. The van der Waals surface area contributed by atoms with Crippen LogP contribution in [0.4, 0.5) is 5.69 Å². The van der Waals surface area contributed by atoms with Crippen LogP contribution in [0.15, 0.2) is 54.6 Å². The number of benzene rings is 3. The zero-order valence-corrected chi connectivity index (χ0v) is 19.6. The van der Waals surface area contributed by atoms with Crippen LogP contribution in [0.25, 0.3) is 21.8 Å². The normalized spacial score (nSPS) is 11.0. The first-order chi connectivity index (χ1) is 16.1. The summed E-state index contributed by atoms with van der Waals surface area (Å²) in [6, 6.07) is 17.8. The van der Waals surface area contributed by atoms with Crippen LogP contribution in [-0.2, 0) is 6.54 Å². The van der Waals surface area contributed by atoms with Gasteiger partial charge in [0.05, 0.1) is 19.8 Å². The molecule has 0 atom stereocenters. The summed E-state index contributed by atoms with van der Waals surface area (Å²) >= 11 is 0. The van der Waals surface area contributed by atoms with Gasteiger partial charge in [0.1, 0.15) is 0 Å². The second-order valence-corrected chi connectivity index (χ2v) is 7.55. The number of amides is 1. The summed E-state index contributed by atoms with van der Waals surface area (Å²) in [6.45, 7) is 10.1. The third-order valence-corrected chi connectivity index (χ3v) is 5.52. The smallest absolute Gasteiger partial charge is 0.255 e. The lowest BCUT2D eigenvalue weighted by atomic mass is 10.1. The Morgan fingerprint density at radius 2 is 1.42 bits per heavy atom. The molecule has 172 valence electrons. The lowest BCUT2D eigenvalue weighted by Crippen LogP contribution is -2.13. The number of ether oxygens (including phenoxy) is 3. The number of carbonyl (C=O) groups is 1. The molecule has 1 N–H and O–H groups in total. The first-order valence-corrected chi connectivity index (χ1v) is 11.5. The van der Waals surface area contributed by atoms with Gasteiger partial charge in [-0.1, -0.05) is 18.2 Å². The predicted octanol–water partition coefficient (Wildman–Crippen LogP) is 6.26. The molecule has 0 spiro atoms. The Kier molecular flexibility index (Phi) is 6.73. The molecule has 3 aromatic carbocycles. The maximum atomic E-state index is 13.2. The minimum absolute atomic E-state index is 0.237. The van der Waals surface area contributed by atoms with Gasteiger partial charge in [-0.2, -0.15) is 0 Å². The van der Waals surface area contributed by atoms with Crippen molar-refractivity contribution in [1.29, 1.82) is 0 Å². The molecule has 4 rings (SSSR count). The number of nitrogens with one attached hydrogen (secondary N) is 1. The minimum atomic E-state index is -0.237. The maximum absolute atomic E-state index is 13.2. The predicted molar refractivity (Wildman–Crippen MR) is 133 cm³/mol. The van der Waals surface area contributed by atoms with Crippen molar-refractivity contribution in [1.82, 2.24) is 4.57 Å². The number of nitrogens with zero attached hydrogens (tertiary/aromatic N) is 1. The Hall–Kier alpha value is -3.67. The highest BCUT2D eigenvalue weighted by molar-refractivity contribution is 6.11. The van der Waals surface area contributed by atoms with E-state index in [4.69, 9.17) is 14.2 Å². The summed E-state index contributed by atoms with van der Waals surface area (Å²) in [7, 11) is 0. The summed E-state index contributed by atoms with van der Waals surface area (Å²) in [4.78, 5) is 13.2. The molecule has 6 heteroatoms. The van der Waals surface area contributed by atoms with E-state index in [2.05, 4.69) is 35.0 Å². The Morgan fingerprint density at radius 1 is 0.788 bits per heavy atom. The van der Waals surface area contributed by atoms with E-state index in [1.54, 1.807) is 12.1 Å². The fraction of sp³-hybridized carbons (Fsp3) is 0.296. The zero-order valence-electron chi connectivity index (χ0n) is 19.6. The van der Waals surface area contributed by atoms with E-state index < -0.39 is 0 Å². The molecule has 0 saturated heterocycles. The third kappa shape index (κ3) is 4.33. The third-order valence-electron chi connectivity index (χ3n) is 5.52. The van der Waals surface area contributed by atoms with Gasteiger partial charge >= 0.3 is 0 Å². The molecule has 1 heterocycles. The molecule has 0 fully saturated rings. The molecule has 0 aliphatic carbocycles. The van der Waals surface area contributed by atoms with Crippen LogP contribution < -0.4 is 19.5 Å². The van der Waals surface area contributed by atoms with Crippen LogP contribution in [0.1, 0.15) is 38.1 Å². The highest BCUT2D eigenvalue weighted by Crippen LogP contribution is 2.39. The molecule has 4 aromatic rings. The molecular weight excluding hydrogens is 416 g/mol. The highest BCUT2D eigenvalue weighted by Gasteiger charge is 2.19. The molecule has 0 unspecified atom stereocenters. The van der Waals surface area contributed by atoms with Gasteiger partial charge in [-0.15, -0.1) is 0 Å². The van der Waals surface area contributed by atoms with Crippen molar-refractivity contribution in [2.45, 2.75) is 34.2 Å². The lowest BCUT2D eigenvalue weighted by molar-refractivity contribution is 0.102. The zero-order chi connectivity index (χ0) is 23.4. The number of hydrogen-bond acceptors (Lipinski definition) is 4. The Labute approximate surface area is 194 Å². The topological polar surface area (TPSA) is 61.7 Å². The average Bonchev–Trinajstić information content (AvgIpc) is 3.14. The van der Waals surface area contributed by atoms with Gasteiger partial charge in [0.15, 0.2) is 11.5 Å². The maximum Gasteiger partial charge on any atom is 0.255 e. The van der Waals surface area contributed by atoms with Crippen molar-refractivity contribution >= 4 is 33.4 Å². The van der Waals surface area contributed by atoms with Crippen LogP contribution in [0, 0.1) is 0 Å². The highest BCUT2D eigenvalue weighted by atomic mass is 16.5. The lowest BCUT2D eigenvalue weighted by Gasteiger charge is -2.17. The summed E-state index contributed by atoms with van der Waals surface area (Å²) in [5.74, 6) is 1.28. The van der Waals surface area contributed by atoms with Gasteiger partial charge in [-0.3, -0.25) is 4.79 Å². The summed E-state index contributed by atoms with van der Waals surface area (Å²) < 4.78 is 19.5. The molecule has 1 aromatic heterocycles. The molecule has 0 aliphatic rings. The SMILES string of the molecule is CCOc1cc(C(=O)Nc2ccc3c(c2)c2ccccc2n3CC)cc(OCC)c1OCC. The first kappa shape index (κ1) is 22.5. The molecule has 0 aliphatic heterocycles. The van der Waals surface area contributed by atoms with Crippen molar-refractivity contribution in [3.05, 3.63) is 60.2 Å². The number of para-hydroxylation sites is 1. The number of anilines is 1. The molecule has 33 heavy (non-hydrogen) atoms. The van der Waals surface area contributed by atoms with Gasteiger partial charge in [0.2, 0.25) is 5.75 Å². The molecule has 6 nitrogen and oxygen atoms in total. The number of fused-ring (bicyclic) bond motifs is 3. The Balaban J connectivity index is 1.71. The standard InChI is InChI=1S/C27H30N2O4/c1-5-29-22-12-10-9-11-20(22)21-17-19(13-14-23(21)29)28-27(30)18-15-24(31-6-2)26(33-8-4)25(16-18)32-7-3/h9-17H,5-8H2,1-4H3,(H,28,30). The van der Waals surface area contributed by atoms with Crippen molar-refractivity contribution in [3.63, 3.8) is 0 Å². The number of carbonyl (C=O) groups excluding carboxylic acids is 1. The fourth-order valence-electron chi connectivity index (χ4n) is 4.20. The Morgan fingerprint density at radius 3 is 2.06 bits per heavy atom. The van der Waals surface area contributed by atoms with E-state index in [9.17, 15) is 4.79 Å². The van der Waals surface area contributed by atoms with Crippen LogP contribution in [0.5, 0.6) is 17.2 Å². The first-order valence-electron chi connectivity index (χ1n) is 11.5. The second-order valence-electron chi connectivity index (χ2n) is 7.55. The van der Waals surface area contributed by atoms with Crippen LogP contribution >= 0.6 is 0 Å². The van der Waals surface area contributed by atoms with E-state index in [0.29, 0.717) is 42.6 Å². The average molecular weight is 447 g/mol. The van der Waals surface area contributed by atoms with Crippen molar-refractivity contribution < 1.29 is 19.0 Å². The second kappa shape index (κ2) is 9.86. The molecule has 0 radical (unpaired) electrons. The van der Waals surface area contributed by atoms with E-state index >= 15 is 0 Å². The van der Waals surface area contributed by atoms with E-state index in [-0.39, 0.29) is 5.91 Å². The molecule has 1 amide bonds. The van der Waals surface area contributed by atoms with Gasteiger partial charge in [0.25, 0.3) is 5.91 Å². The van der Waals surface area contributed by atoms with Crippen LogP contribution in [0.3, 0.4) is 0 Å². The van der Waals surface area contributed by atoms with E-state index in [1.165, 1.54) is 10.9 Å². The van der Waals surface area contributed by atoms with Gasteiger partial charge in [0, 0.05) is 39.6 Å². The van der Waals surface area contributed by atoms with Crippen LogP contribution in [-0.4, -0.2) is 30.3 Å². The number of aryl methyl sites for hydroxylation is 1. The fourth-order valence-corrected chi connectivity index (χ4v) is 4.20. The minimum Gasteiger partial charge on any atom is -0.490 e. The van der Waals surface area contributed by atoms with Crippen molar-refractivity contribution in [2.24, 2.45) is 0 Å². The number of aromatic nitrogens is 1. The summed E-state index contributed by atoms with van der Waals surface area (Å²) in [5, 5.41) is 5.32. The van der Waals surface area contributed by atoms with E-state index in [0.717, 1.165) is 23.1 Å². The van der Waals surface area contributed by atoms with E-state index in [1.807, 2.05) is 45.0 Å². The van der Waals surface area contributed by atoms with Crippen LogP contribution in [0.2, 0.25) is 0 Å². The number of hydrogen-bond donors (Lipinski definition) is 1. The number of rotatable bonds is 9. The van der Waals surface area contributed by atoms with Gasteiger partial charge in [-0.25, -0.2) is 0 Å². The van der Waals surface area contributed by atoms with Crippen molar-refractivity contribution in [3.8, 4) is 17.2 Å². The molecular formula is C27H30N2O4. The molecule has 0 bridgehead atoms. The summed E-state index contributed by atoms with van der Waals surface area (Å²) in [5.41, 5.74) is 3.51. The largest absolute Gasteiger partial charge is 0.490 e. The van der Waals surface area contributed by atoms with Crippen molar-refractivity contribution in [2.75, 3.05) is 25.1 Å². The Bertz CT molecular complexity index is 1270. The van der Waals surface area contributed by atoms with Gasteiger partial charge < -0.3 is 24.1 Å². The quantitative estimate of drug-likeness (QED) is 0.329.